The number of nitrogens with zero attached hydrogens (tertiary/aromatic N) is 4. The predicted molar refractivity (Wildman–Crippen MR) is 85.9 cm³/mol. The number of aromatic nitrogens is 2. The first-order chi connectivity index (χ1) is 10.7. The van der Waals surface area contributed by atoms with Gasteiger partial charge in [-0.2, -0.15) is 0 Å². The molecule has 0 unspecified atom stereocenters. The molecule has 5 heteroatoms. The van der Waals surface area contributed by atoms with Gasteiger partial charge in [-0.25, -0.2) is 9.97 Å². The Morgan fingerprint density at radius 3 is 2.64 bits per heavy atom. The molecule has 0 saturated carbocycles. The second-order valence-corrected chi connectivity index (χ2v) is 5.55. The number of carbonyl (C=O) groups excluding carboxylic acids is 1. The van der Waals surface area contributed by atoms with Crippen molar-refractivity contribution in [3.05, 3.63) is 53.9 Å². The number of carbonyl (C=O) groups is 1. The van der Waals surface area contributed by atoms with E-state index in [4.69, 9.17) is 0 Å². The monoisotopic (exact) mass is 296 g/mol. The molecule has 2 heterocycles. The van der Waals surface area contributed by atoms with Crippen molar-refractivity contribution in [2.75, 3.05) is 31.1 Å². The molecular weight excluding hydrogens is 276 g/mol. The summed E-state index contributed by atoms with van der Waals surface area (Å²) in [5.41, 5.74) is 1.88. The summed E-state index contributed by atoms with van der Waals surface area (Å²) in [4.78, 5) is 25.3. The van der Waals surface area contributed by atoms with Gasteiger partial charge in [0, 0.05) is 44.1 Å². The van der Waals surface area contributed by atoms with Gasteiger partial charge >= 0.3 is 0 Å². The fraction of sp³-hybridized carbons (Fsp3) is 0.353. The number of amides is 1. The normalized spacial score (nSPS) is 15.5. The van der Waals surface area contributed by atoms with Gasteiger partial charge in [-0.1, -0.05) is 17.7 Å². The molecule has 1 fully saturated rings. The number of hydrogen-bond acceptors (Lipinski definition) is 4. The van der Waals surface area contributed by atoms with E-state index in [9.17, 15) is 4.79 Å². The van der Waals surface area contributed by atoms with Gasteiger partial charge in [0.1, 0.15) is 0 Å². The average Bonchev–Trinajstić information content (AvgIpc) is 2.81. The number of benzene rings is 1. The summed E-state index contributed by atoms with van der Waals surface area (Å²) in [5, 5.41) is 0. The molecule has 1 aliphatic heterocycles. The average molecular weight is 296 g/mol. The standard InChI is InChI=1S/C17H20N4O/c1-14-5-2-6-15(13-14)16(22)20-9-4-10-21(12-11-20)17-18-7-3-8-19-17/h2-3,5-8,13H,4,9-12H2,1H3. The topological polar surface area (TPSA) is 49.3 Å². The van der Waals surface area contributed by atoms with Crippen LogP contribution in [-0.4, -0.2) is 47.0 Å². The predicted octanol–water partition coefficient (Wildman–Crippen LogP) is 2.14. The third kappa shape index (κ3) is 3.24. The molecule has 5 nitrogen and oxygen atoms in total. The smallest absolute Gasteiger partial charge is 0.253 e. The molecule has 2 aromatic rings. The third-order valence-corrected chi connectivity index (χ3v) is 3.88. The Morgan fingerprint density at radius 1 is 1.05 bits per heavy atom. The summed E-state index contributed by atoms with van der Waals surface area (Å²) in [5.74, 6) is 0.854. The summed E-state index contributed by atoms with van der Waals surface area (Å²) in [6.45, 7) is 5.12. The Balaban J connectivity index is 1.69. The van der Waals surface area contributed by atoms with Crippen LogP contribution in [0.15, 0.2) is 42.7 Å². The Kier molecular flexibility index (Phi) is 4.32. The molecule has 0 spiro atoms. The molecule has 0 bridgehead atoms. The lowest BCUT2D eigenvalue weighted by Gasteiger charge is -2.22. The van der Waals surface area contributed by atoms with Gasteiger partial charge in [0.05, 0.1) is 0 Å². The van der Waals surface area contributed by atoms with Crippen LogP contribution in [0, 0.1) is 6.92 Å². The zero-order chi connectivity index (χ0) is 15.4. The number of hydrogen-bond donors (Lipinski definition) is 0. The van der Waals surface area contributed by atoms with Crippen LogP contribution in [-0.2, 0) is 0 Å². The minimum atomic E-state index is 0.111. The summed E-state index contributed by atoms with van der Waals surface area (Å²) >= 11 is 0. The van der Waals surface area contributed by atoms with Crippen LogP contribution in [0.1, 0.15) is 22.3 Å². The fourth-order valence-electron chi connectivity index (χ4n) is 2.74. The Hall–Kier alpha value is -2.43. The largest absolute Gasteiger partial charge is 0.339 e. The number of anilines is 1. The quantitative estimate of drug-likeness (QED) is 0.852. The highest BCUT2D eigenvalue weighted by molar-refractivity contribution is 5.94. The van der Waals surface area contributed by atoms with Gasteiger partial charge in [-0.15, -0.1) is 0 Å². The van der Waals surface area contributed by atoms with Crippen molar-refractivity contribution in [2.24, 2.45) is 0 Å². The molecule has 114 valence electrons. The van der Waals surface area contributed by atoms with Crippen molar-refractivity contribution >= 4 is 11.9 Å². The highest BCUT2D eigenvalue weighted by Crippen LogP contribution is 2.13. The zero-order valence-corrected chi connectivity index (χ0v) is 12.8. The summed E-state index contributed by atoms with van der Waals surface area (Å²) in [6, 6.07) is 9.59. The molecule has 1 amide bonds. The van der Waals surface area contributed by atoms with Crippen molar-refractivity contribution in [3.63, 3.8) is 0 Å². The van der Waals surface area contributed by atoms with E-state index in [-0.39, 0.29) is 5.91 Å². The SMILES string of the molecule is Cc1cccc(C(=O)N2CCCN(c3ncccn3)CC2)c1. The molecule has 1 aromatic carbocycles. The van der Waals surface area contributed by atoms with E-state index < -0.39 is 0 Å². The van der Waals surface area contributed by atoms with Gasteiger partial charge in [0.2, 0.25) is 5.95 Å². The molecule has 1 saturated heterocycles. The van der Waals surface area contributed by atoms with E-state index in [1.165, 1.54) is 0 Å². The lowest BCUT2D eigenvalue weighted by molar-refractivity contribution is 0.0767. The molecular formula is C17H20N4O. The van der Waals surface area contributed by atoms with Crippen LogP contribution in [0.25, 0.3) is 0 Å². The molecule has 3 rings (SSSR count). The van der Waals surface area contributed by atoms with Crippen molar-refractivity contribution in [2.45, 2.75) is 13.3 Å². The first kappa shape index (κ1) is 14.5. The minimum absolute atomic E-state index is 0.111. The van der Waals surface area contributed by atoms with Crippen molar-refractivity contribution < 1.29 is 4.79 Å². The van der Waals surface area contributed by atoms with E-state index >= 15 is 0 Å². The lowest BCUT2D eigenvalue weighted by Crippen LogP contribution is -2.35. The van der Waals surface area contributed by atoms with E-state index in [0.717, 1.165) is 43.1 Å². The van der Waals surface area contributed by atoms with Crippen LogP contribution in [0.3, 0.4) is 0 Å². The molecule has 0 radical (unpaired) electrons. The Morgan fingerprint density at radius 2 is 1.86 bits per heavy atom. The summed E-state index contributed by atoms with van der Waals surface area (Å²) in [7, 11) is 0. The molecule has 1 aromatic heterocycles. The second kappa shape index (κ2) is 6.56. The van der Waals surface area contributed by atoms with Crippen molar-refractivity contribution in [1.29, 1.82) is 0 Å². The molecule has 22 heavy (non-hydrogen) atoms. The first-order valence-electron chi connectivity index (χ1n) is 7.62. The molecule has 0 atom stereocenters. The number of rotatable bonds is 2. The third-order valence-electron chi connectivity index (χ3n) is 3.88. The Labute approximate surface area is 130 Å². The maximum Gasteiger partial charge on any atom is 0.253 e. The maximum atomic E-state index is 12.6. The lowest BCUT2D eigenvalue weighted by atomic mass is 10.1. The van der Waals surface area contributed by atoms with Crippen molar-refractivity contribution in [1.82, 2.24) is 14.9 Å². The maximum absolute atomic E-state index is 12.6. The van der Waals surface area contributed by atoms with E-state index in [2.05, 4.69) is 14.9 Å². The molecule has 1 aliphatic rings. The van der Waals surface area contributed by atoms with Crippen LogP contribution >= 0.6 is 0 Å². The van der Waals surface area contributed by atoms with Crippen LogP contribution in [0.2, 0.25) is 0 Å². The fourth-order valence-corrected chi connectivity index (χ4v) is 2.74. The zero-order valence-electron chi connectivity index (χ0n) is 12.8. The van der Waals surface area contributed by atoms with Gasteiger partial charge in [0.15, 0.2) is 0 Å². The summed E-state index contributed by atoms with van der Waals surface area (Å²) < 4.78 is 0. The highest BCUT2D eigenvalue weighted by Gasteiger charge is 2.21. The highest BCUT2D eigenvalue weighted by atomic mass is 16.2. The Bertz CT molecular complexity index is 644. The van der Waals surface area contributed by atoms with Crippen LogP contribution in [0.4, 0.5) is 5.95 Å². The molecule has 0 aliphatic carbocycles. The van der Waals surface area contributed by atoms with Crippen molar-refractivity contribution in [3.8, 4) is 0 Å². The van der Waals surface area contributed by atoms with E-state index in [1.807, 2.05) is 42.2 Å². The second-order valence-electron chi connectivity index (χ2n) is 5.55. The van der Waals surface area contributed by atoms with Gasteiger partial charge in [-0.3, -0.25) is 4.79 Å². The van der Waals surface area contributed by atoms with Gasteiger partial charge in [0.25, 0.3) is 5.91 Å². The number of aryl methyl sites for hydroxylation is 1. The van der Waals surface area contributed by atoms with Gasteiger partial charge < -0.3 is 9.80 Å². The first-order valence-corrected chi connectivity index (χ1v) is 7.62. The molecule has 0 N–H and O–H groups in total. The van der Waals surface area contributed by atoms with Crippen LogP contribution < -0.4 is 4.90 Å². The minimum Gasteiger partial charge on any atom is -0.339 e. The van der Waals surface area contributed by atoms with E-state index in [0.29, 0.717) is 6.54 Å². The van der Waals surface area contributed by atoms with E-state index in [1.54, 1.807) is 12.4 Å². The summed E-state index contributed by atoms with van der Waals surface area (Å²) in [6.07, 6.45) is 4.43. The van der Waals surface area contributed by atoms with Gasteiger partial charge in [-0.05, 0) is 31.5 Å². The van der Waals surface area contributed by atoms with Crippen LogP contribution in [0.5, 0.6) is 0 Å².